The lowest BCUT2D eigenvalue weighted by Crippen LogP contribution is -2.04. The number of hydrogen-bond acceptors (Lipinski definition) is 3. The first kappa shape index (κ1) is 16.4. The summed E-state index contributed by atoms with van der Waals surface area (Å²) in [7, 11) is 0. The fourth-order valence-electron chi connectivity index (χ4n) is 1.67. The summed E-state index contributed by atoms with van der Waals surface area (Å²) in [5.41, 5.74) is 0.483. The van der Waals surface area contributed by atoms with Gasteiger partial charge >= 0.3 is 5.97 Å². The number of rotatable bonds is 9. The summed E-state index contributed by atoms with van der Waals surface area (Å²) in [6.45, 7) is 2.58. The second kappa shape index (κ2) is 9.28. The molecule has 0 heterocycles. The van der Waals surface area contributed by atoms with Gasteiger partial charge in [0.2, 0.25) is 6.43 Å². The lowest BCUT2D eigenvalue weighted by atomic mass is 10.2. The number of ether oxygens (including phenoxy) is 2. The average molecular weight is 286 g/mol. The third kappa shape index (κ3) is 6.50. The number of carbonyl (C=O) groups is 1. The van der Waals surface area contributed by atoms with E-state index in [0.717, 1.165) is 12.8 Å². The number of carbonyl (C=O) groups excluding carboxylic acids is 1. The van der Waals surface area contributed by atoms with E-state index in [2.05, 4.69) is 0 Å². The molecule has 20 heavy (non-hydrogen) atoms. The number of halogens is 2. The van der Waals surface area contributed by atoms with Gasteiger partial charge in [0, 0.05) is 6.42 Å². The monoisotopic (exact) mass is 286 g/mol. The van der Waals surface area contributed by atoms with E-state index in [1.54, 1.807) is 31.2 Å². The molecule has 0 fully saturated rings. The second-order valence-electron chi connectivity index (χ2n) is 4.33. The number of benzene rings is 1. The van der Waals surface area contributed by atoms with Crippen LogP contribution in [0.25, 0.3) is 0 Å². The third-order valence-corrected chi connectivity index (χ3v) is 2.70. The summed E-state index contributed by atoms with van der Waals surface area (Å²) < 4.78 is 34.1. The van der Waals surface area contributed by atoms with Gasteiger partial charge in [-0.25, -0.2) is 13.6 Å². The fourth-order valence-corrected chi connectivity index (χ4v) is 1.67. The van der Waals surface area contributed by atoms with E-state index >= 15 is 0 Å². The Morgan fingerprint density at radius 1 is 1.15 bits per heavy atom. The minimum atomic E-state index is -2.22. The van der Waals surface area contributed by atoms with Crippen molar-refractivity contribution in [2.45, 2.75) is 39.0 Å². The summed E-state index contributed by atoms with van der Waals surface area (Å²) in [5.74, 6) is 0.304. The first-order chi connectivity index (χ1) is 9.63. The Morgan fingerprint density at radius 3 is 2.45 bits per heavy atom. The normalized spacial score (nSPS) is 10.6. The zero-order chi connectivity index (χ0) is 14.8. The summed E-state index contributed by atoms with van der Waals surface area (Å²) in [4.78, 5) is 11.4. The lowest BCUT2D eigenvalue weighted by Gasteiger charge is -2.07. The minimum Gasteiger partial charge on any atom is -0.494 e. The van der Waals surface area contributed by atoms with E-state index in [4.69, 9.17) is 9.47 Å². The Kier molecular flexibility index (Phi) is 7.62. The Morgan fingerprint density at radius 2 is 1.85 bits per heavy atom. The number of alkyl halides is 2. The zero-order valence-electron chi connectivity index (χ0n) is 11.6. The van der Waals surface area contributed by atoms with Crippen molar-refractivity contribution in [3.63, 3.8) is 0 Å². The topological polar surface area (TPSA) is 35.5 Å². The highest BCUT2D eigenvalue weighted by atomic mass is 19.3. The van der Waals surface area contributed by atoms with Crippen LogP contribution >= 0.6 is 0 Å². The third-order valence-electron chi connectivity index (χ3n) is 2.70. The highest BCUT2D eigenvalue weighted by Crippen LogP contribution is 2.14. The molecule has 0 aliphatic rings. The molecule has 0 aliphatic heterocycles. The van der Waals surface area contributed by atoms with Gasteiger partial charge in [-0.05, 0) is 50.5 Å². The van der Waals surface area contributed by atoms with Gasteiger partial charge in [0.15, 0.2) is 0 Å². The smallest absolute Gasteiger partial charge is 0.338 e. The first-order valence-electron chi connectivity index (χ1n) is 6.81. The quantitative estimate of drug-likeness (QED) is 0.507. The van der Waals surface area contributed by atoms with Crippen LogP contribution in [0.3, 0.4) is 0 Å². The van der Waals surface area contributed by atoms with Gasteiger partial charge < -0.3 is 9.47 Å². The SMILES string of the molecule is CCOC(=O)c1ccc(OCCCCCC(F)F)cc1. The molecular weight excluding hydrogens is 266 g/mol. The Labute approximate surface area is 117 Å². The predicted octanol–water partition coefficient (Wildman–Crippen LogP) is 4.07. The van der Waals surface area contributed by atoms with Crippen molar-refractivity contribution in [1.29, 1.82) is 0 Å². The van der Waals surface area contributed by atoms with Gasteiger partial charge in [-0.15, -0.1) is 0 Å². The zero-order valence-corrected chi connectivity index (χ0v) is 11.6. The molecule has 0 bridgehead atoms. The van der Waals surface area contributed by atoms with Crippen molar-refractivity contribution in [3.05, 3.63) is 29.8 Å². The van der Waals surface area contributed by atoms with Crippen LogP contribution in [0.5, 0.6) is 5.75 Å². The molecule has 1 rings (SSSR count). The van der Waals surface area contributed by atoms with Crippen molar-refractivity contribution in [3.8, 4) is 5.75 Å². The first-order valence-corrected chi connectivity index (χ1v) is 6.81. The maximum atomic E-state index is 11.9. The van der Waals surface area contributed by atoms with Crippen LogP contribution in [0.4, 0.5) is 8.78 Å². The maximum absolute atomic E-state index is 11.9. The maximum Gasteiger partial charge on any atom is 0.338 e. The Bertz CT molecular complexity index is 391. The van der Waals surface area contributed by atoms with E-state index in [1.165, 1.54) is 0 Å². The van der Waals surface area contributed by atoms with Crippen molar-refractivity contribution in [2.75, 3.05) is 13.2 Å². The van der Waals surface area contributed by atoms with Crippen molar-refractivity contribution in [1.82, 2.24) is 0 Å². The molecule has 0 aromatic heterocycles. The molecule has 1 aromatic carbocycles. The van der Waals surface area contributed by atoms with Crippen molar-refractivity contribution in [2.24, 2.45) is 0 Å². The molecule has 0 spiro atoms. The minimum absolute atomic E-state index is 0.0474. The van der Waals surface area contributed by atoms with Crippen LogP contribution in [0.2, 0.25) is 0 Å². The summed E-state index contributed by atoms with van der Waals surface area (Å²) >= 11 is 0. The van der Waals surface area contributed by atoms with E-state index < -0.39 is 6.43 Å². The number of esters is 1. The number of hydrogen-bond donors (Lipinski definition) is 0. The highest BCUT2D eigenvalue weighted by molar-refractivity contribution is 5.89. The summed E-state index contributed by atoms with van der Waals surface area (Å²) in [6.07, 6.45) is -0.277. The summed E-state index contributed by atoms with van der Waals surface area (Å²) in [6, 6.07) is 6.69. The van der Waals surface area contributed by atoms with Gasteiger partial charge in [-0.3, -0.25) is 0 Å². The van der Waals surface area contributed by atoms with Gasteiger partial charge in [-0.1, -0.05) is 0 Å². The van der Waals surface area contributed by atoms with Crippen molar-refractivity contribution >= 4 is 5.97 Å². The average Bonchev–Trinajstić information content (AvgIpc) is 2.43. The largest absolute Gasteiger partial charge is 0.494 e. The molecule has 112 valence electrons. The highest BCUT2D eigenvalue weighted by Gasteiger charge is 2.06. The van der Waals surface area contributed by atoms with Gasteiger partial charge in [0.05, 0.1) is 18.8 Å². The molecule has 0 amide bonds. The van der Waals surface area contributed by atoms with Crippen LogP contribution < -0.4 is 4.74 Å². The Hall–Kier alpha value is -1.65. The standard InChI is InChI=1S/C15H20F2O3/c1-2-19-15(18)12-7-9-13(10-8-12)20-11-5-3-4-6-14(16)17/h7-10,14H,2-6,11H2,1H3. The van der Waals surface area contributed by atoms with E-state index in [1.807, 2.05) is 0 Å². The number of unbranched alkanes of at least 4 members (excludes halogenated alkanes) is 2. The molecule has 0 atom stereocenters. The van der Waals surface area contributed by atoms with Gasteiger partial charge in [0.1, 0.15) is 5.75 Å². The van der Waals surface area contributed by atoms with Crippen molar-refractivity contribution < 1.29 is 23.0 Å². The molecule has 0 radical (unpaired) electrons. The molecule has 5 heteroatoms. The van der Waals surface area contributed by atoms with Crippen LogP contribution in [-0.2, 0) is 4.74 Å². The van der Waals surface area contributed by atoms with E-state index in [0.29, 0.717) is 30.9 Å². The fraction of sp³-hybridized carbons (Fsp3) is 0.533. The molecule has 3 nitrogen and oxygen atoms in total. The molecule has 0 N–H and O–H groups in total. The molecule has 0 unspecified atom stereocenters. The molecule has 1 aromatic rings. The van der Waals surface area contributed by atoms with E-state index in [9.17, 15) is 13.6 Å². The lowest BCUT2D eigenvalue weighted by molar-refractivity contribution is 0.0526. The van der Waals surface area contributed by atoms with Crippen LogP contribution in [0.1, 0.15) is 43.0 Å². The van der Waals surface area contributed by atoms with Gasteiger partial charge in [-0.2, -0.15) is 0 Å². The van der Waals surface area contributed by atoms with Crippen LogP contribution in [0.15, 0.2) is 24.3 Å². The second-order valence-corrected chi connectivity index (χ2v) is 4.33. The molecular formula is C15H20F2O3. The summed E-state index contributed by atoms with van der Waals surface area (Å²) in [5, 5.41) is 0. The van der Waals surface area contributed by atoms with Gasteiger partial charge in [0.25, 0.3) is 0 Å². The van der Waals surface area contributed by atoms with E-state index in [-0.39, 0.29) is 12.4 Å². The molecule has 0 aliphatic carbocycles. The van der Waals surface area contributed by atoms with Crippen LogP contribution in [-0.4, -0.2) is 25.6 Å². The predicted molar refractivity (Wildman–Crippen MR) is 72.4 cm³/mol. The molecule has 0 saturated carbocycles. The van der Waals surface area contributed by atoms with Crippen LogP contribution in [0, 0.1) is 0 Å². The Balaban J connectivity index is 2.23. The molecule has 0 saturated heterocycles.